The van der Waals surface area contributed by atoms with Gasteiger partial charge in [0.05, 0.1) is 37.3 Å². The Balaban J connectivity index is 1.56. The number of carbonyl (C=O) groups is 1. The highest BCUT2D eigenvalue weighted by molar-refractivity contribution is 8.25. The maximum absolute atomic E-state index is 13.7. The number of nitrogens with one attached hydrogen (secondary N) is 2. The Morgan fingerprint density at radius 3 is 2.48 bits per heavy atom. The maximum Gasteiger partial charge on any atom is 0.251 e. The average molecular weight is 598 g/mol. The van der Waals surface area contributed by atoms with E-state index in [-0.39, 0.29) is 18.2 Å². The molecule has 1 heterocycles. The van der Waals surface area contributed by atoms with Crippen LogP contribution < -0.4 is 24.4 Å². The van der Waals surface area contributed by atoms with Gasteiger partial charge in [-0.2, -0.15) is 0 Å². The first-order valence-corrected chi connectivity index (χ1v) is 15.9. The van der Waals surface area contributed by atoms with Gasteiger partial charge in [-0.25, -0.2) is 0 Å². The van der Waals surface area contributed by atoms with Gasteiger partial charge >= 0.3 is 0 Å². The smallest absolute Gasteiger partial charge is 0.251 e. The zero-order chi connectivity index (χ0) is 30.3. The van der Waals surface area contributed by atoms with Gasteiger partial charge in [-0.1, -0.05) is 42.5 Å². The Kier molecular flexibility index (Phi) is 10.4. The summed E-state index contributed by atoms with van der Waals surface area (Å²) in [5, 5.41) is 17.9. The molecule has 9 nitrogen and oxygen atoms in total. The van der Waals surface area contributed by atoms with Crippen LogP contribution in [0, 0.1) is 0 Å². The molecule has 228 valence electrons. The summed E-state index contributed by atoms with van der Waals surface area (Å²) >= 11 is 0. The third-order valence-corrected chi connectivity index (χ3v) is 9.44. The average Bonchev–Trinajstić information content (AvgIpc) is 3.34. The molecule has 5 N–H and O–H groups in total. The molecule has 0 aromatic heterocycles. The van der Waals surface area contributed by atoms with Crippen molar-refractivity contribution >= 4 is 22.4 Å². The molecule has 4 rings (SSSR count). The molecule has 0 aliphatic carbocycles. The Bertz CT molecular complexity index is 1340. The van der Waals surface area contributed by atoms with Crippen molar-refractivity contribution in [3.05, 3.63) is 89.5 Å². The molecular weight excluding hydrogens is 554 g/mol. The third kappa shape index (κ3) is 7.96. The largest absolute Gasteiger partial charge is 0.497 e. The van der Waals surface area contributed by atoms with E-state index in [1.54, 1.807) is 29.6 Å². The van der Waals surface area contributed by atoms with E-state index < -0.39 is 28.5 Å². The van der Waals surface area contributed by atoms with E-state index in [1.165, 1.54) is 0 Å². The van der Waals surface area contributed by atoms with Gasteiger partial charge < -0.3 is 25.2 Å². The summed E-state index contributed by atoms with van der Waals surface area (Å²) in [6.45, 7) is 7.00. The minimum Gasteiger partial charge on any atom is -0.497 e. The van der Waals surface area contributed by atoms with Gasteiger partial charge in [0, 0.05) is 30.3 Å². The van der Waals surface area contributed by atoms with Crippen molar-refractivity contribution < 1.29 is 28.5 Å². The van der Waals surface area contributed by atoms with Gasteiger partial charge in [0.2, 0.25) is 0 Å². The van der Waals surface area contributed by atoms with E-state index in [0.717, 1.165) is 16.9 Å². The number of aliphatic hydroxyl groups is 1. The number of rotatable bonds is 13. The Hall–Kier alpha value is -3.28. The van der Waals surface area contributed by atoms with Crippen LogP contribution in [0.15, 0.2) is 72.8 Å². The van der Waals surface area contributed by atoms with Gasteiger partial charge in [0.1, 0.15) is 11.5 Å². The van der Waals surface area contributed by atoms with Crippen LogP contribution in [-0.4, -0.2) is 64.8 Å². The molecule has 1 fully saturated rings. The standard InChI is InChI=1S/C32H43N3O6S/c1-5-41-28-19-24(18-26(21-28)35-15-10-16-42(35,38)39)31(37)34-29(17-23-11-7-6-8-12-23)30(36)22-33-32(2,3)25-13-9-14-27(20-25)40-4/h6-9,11-14,18-21,29-30,33,36,38-39H,5,10,15-17,22H2,1-4H3,(H,34,37)/t29-,30+/m0/s1. The first kappa shape index (κ1) is 31.7. The van der Waals surface area contributed by atoms with Crippen molar-refractivity contribution in [1.29, 1.82) is 0 Å². The molecule has 0 saturated carbocycles. The lowest BCUT2D eigenvalue weighted by molar-refractivity contribution is 0.0813. The number of ether oxygens (including phenoxy) is 2. The summed E-state index contributed by atoms with van der Waals surface area (Å²) in [5.74, 6) is 1.11. The quantitative estimate of drug-likeness (QED) is 0.182. The number of anilines is 1. The molecule has 3 aromatic carbocycles. The SMILES string of the molecule is CCOc1cc(C(=O)N[C@@H](Cc2ccccc2)[C@H](O)CNC(C)(C)c2cccc(OC)c2)cc(N2CCCS2(O)O)c1. The molecule has 1 saturated heterocycles. The molecule has 3 aromatic rings. The molecular formula is C32H43N3O6S. The highest BCUT2D eigenvalue weighted by Gasteiger charge is 2.31. The van der Waals surface area contributed by atoms with Gasteiger partial charge in [-0.05, 0) is 69.0 Å². The maximum atomic E-state index is 13.7. The fraction of sp³-hybridized carbons (Fsp3) is 0.406. The van der Waals surface area contributed by atoms with Crippen molar-refractivity contribution in [2.24, 2.45) is 0 Å². The number of amides is 1. The van der Waals surface area contributed by atoms with E-state index in [2.05, 4.69) is 10.6 Å². The van der Waals surface area contributed by atoms with Crippen molar-refractivity contribution in [2.45, 2.75) is 51.3 Å². The second kappa shape index (κ2) is 13.8. The molecule has 0 bridgehead atoms. The fourth-order valence-corrected chi connectivity index (χ4v) is 6.68. The Morgan fingerprint density at radius 1 is 1.05 bits per heavy atom. The van der Waals surface area contributed by atoms with E-state index in [9.17, 15) is 19.0 Å². The zero-order valence-electron chi connectivity index (χ0n) is 24.7. The summed E-state index contributed by atoms with van der Waals surface area (Å²) in [4.78, 5) is 13.7. The van der Waals surface area contributed by atoms with Crippen molar-refractivity contribution in [1.82, 2.24) is 10.6 Å². The predicted octanol–water partition coefficient (Wildman–Crippen LogP) is 5.20. The van der Waals surface area contributed by atoms with E-state index >= 15 is 0 Å². The second-order valence-electron chi connectivity index (χ2n) is 11.0. The van der Waals surface area contributed by atoms with Crippen LogP contribution in [-0.2, 0) is 12.0 Å². The molecule has 1 aliphatic rings. The molecule has 0 unspecified atom stereocenters. The molecule has 0 radical (unpaired) electrons. The minimum atomic E-state index is -2.95. The number of carbonyl (C=O) groups excluding carboxylic acids is 1. The van der Waals surface area contributed by atoms with Gasteiger partial charge in [-0.15, -0.1) is 10.8 Å². The van der Waals surface area contributed by atoms with Crippen LogP contribution in [0.2, 0.25) is 0 Å². The summed E-state index contributed by atoms with van der Waals surface area (Å²) in [7, 11) is -1.32. The lowest BCUT2D eigenvalue weighted by atomic mass is 9.93. The lowest BCUT2D eigenvalue weighted by Gasteiger charge is -2.38. The topological polar surface area (TPSA) is 124 Å². The minimum absolute atomic E-state index is 0.223. The van der Waals surface area contributed by atoms with Crippen molar-refractivity contribution in [3.8, 4) is 11.5 Å². The molecule has 1 amide bonds. The third-order valence-electron chi connectivity index (χ3n) is 7.51. The normalized spacial score (nSPS) is 16.9. The van der Waals surface area contributed by atoms with Crippen LogP contribution >= 0.6 is 10.8 Å². The number of nitrogens with zero attached hydrogens (tertiary/aromatic N) is 1. The monoisotopic (exact) mass is 597 g/mol. The van der Waals surface area contributed by atoms with Gasteiger partial charge in [-0.3, -0.25) is 18.2 Å². The van der Waals surface area contributed by atoms with E-state index in [4.69, 9.17) is 9.47 Å². The number of benzene rings is 3. The number of aliphatic hydroxyl groups excluding tert-OH is 1. The number of hydrogen-bond acceptors (Lipinski definition) is 8. The van der Waals surface area contributed by atoms with Crippen molar-refractivity contribution in [2.75, 3.05) is 36.9 Å². The van der Waals surface area contributed by atoms with Crippen molar-refractivity contribution in [3.63, 3.8) is 0 Å². The molecule has 10 heteroatoms. The highest BCUT2D eigenvalue weighted by Crippen LogP contribution is 2.51. The second-order valence-corrected chi connectivity index (χ2v) is 13.1. The number of methoxy groups -OCH3 is 1. The van der Waals surface area contributed by atoms with E-state index in [1.807, 2.05) is 75.4 Å². The zero-order valence-corrected chi connectivity index (χ0v) is 25.6. The Labute approximate surface area is 250 Å². The molecule has 42 heavy (non-hydrogen) atoms. The van der Waals surface area contributed by atoms with Gasteiger partial charge in [0.15, 0.2) is 0 Å². The van der Waals surface area contributed by atoms with Crippen LogP contribution in [0.3, 0.4) is 0 Å². The molecule has 0 spiro atoms. The summed E-state index contributed by atoms with van der Waals surface area (Å²) in [5.41, 5.74) is 2.34. The predicted molar refractivity (Wildman–Crippen MR) is 169 cm³/mol. The van der Waals surface area contributed by atoms with Crippen LogP contribution in [0.1, 0.15) is 48.7 Å². The molecule has 2 atom stereocenters. The number of hydrogen-bond donors (Lipinski definition) is 5. The summed E-state index contributed by atoms with van der Waals surface area (Å²) in [6.07, 6.45) is 0.145. The summed E-state index contributed by atoms with van der Waals surface area (Å²) in [6, 6.07) is 21.9. The van der Waals surface area contributed by atoms with Crippen LogP contribution in [0.5, 0.6) is 11.5 Å². The van der Waals surface area contributed by atoms with Crippen LogP contribution in [0.25, 0.3) is 0 Å². The first-order valence-electron chi connectivity index (χ1n) is 14.3. The fourth-order valence-electron chi connectivity index (χ4n) is 5.08. The summed E-state index contributed by atoms with van der Waals surface area (Å²) < 4.78 is 33.8. The highest BCUT2D eigenvalue weighted by atomic mass is 32.3. The first-order chi connectivity index (χ1) is 20.0. The molecule has 1 aliphatic heterocycles. The van der Waals surface area contributed by atoms with Crippen LogP contribution in [0.4, 0.5) is 5.69 Å². The Morgan fingerprint density at radius 2 is 1.81 bits per heavy atom. The lowest BCUT2D eigenvalue weighted by Crippen LogP contribution is -2.51. The van der Waals surface area contributed by atoms with E-state index in [0.29, 0.717) is 43.0 Å². The van der Waals surface area contributed by atoms with Gasteiger partial charge in [0.25, 0.3) is 5.91 Å².